The van der Waals surface area contributed by atoms with E-state index in [1.54, 1.807) is 6.08 Å². The van der Waals surface area contributed by atoms with E-state index in [-0.39, 0.29) is 18.5 Å². The normalized spacial score (nSPS) is 12.9. The summed E-state index contributed by atoms with van der Waals surface area (Å²) in [6.45, 7) is 4.91. The maximum Gasteiger partial charge on any atom is 0.305 e. The van der Waals surface area contributed by atoms with Gasteiger partial charge in [0.25, 0.3) is 0 Å². The van der Waals surface area contributed by atoms with Crippen LogP contribution in [0.25, 0.3) is 0 Å². The second-order valence-corrected chi connectivity index (χ2v) is 25.6. The Morgan fingerprint density at radius 2 is 0.595 bits per heavy atom. The lowest BCUT2D eigenvalue weighted by molar-refractivity contribution is -0.143. The lowest BCUT2D eigenvalue weighted by Gasteiger charge is -2.20. The van der Waals surface area contributed by atoms with Crippen molar-refractivity contribution in [3.05, 3.63) is 60.8 Å². The Morgan fingerprint density at radius 1 is 0.333 bits per heavy atom. The summed E-state index contributed by atoms with van der Waals surface area (Å²) < 4.78 is 5.50. The minimum Gasteiger partial charge on any atom is -0.466 e. The summed E-state index contributed by atoms with van der Waals surface area (Å²) in [6, 6.07) is -0.633. The Hall–Kier alpha value is -2.44. The quantitative estimate of drug-likeness (QED) is 0.0320. The number of allylic oxidation sites excluding steroid dienone is 9. The van der Waals surface area contributed by atoms with E-state index in [1.165, 1.54) is 315 Å². The molecule has 0 saturated carbocycles. The molecule has 0 heterocycles. The van der Waals surface area contributed by atoms with Crippen molar-refractivity contribution >= 4 is 11.9 Å². The van der Waals surface area contributed by atoms with Gasteiger partial charge in [0.2, 0.25) is 5.91 Å². The number of esters is 1. The summed E-state index contributed by atoms with van der Waals surface area (Å²) in [6.07, 6.45) is 97.4. The molecule has 0 fully saturated rings. The lowest BCUT2D eigenvalue weighted by atomic mass is 10.0. The van der Waals surface area contributed by atoms with E-state index >= 15 is 0 Å². The van der Waals surface area contributed by atoms with E-state index in [2.05, 4.69) is 67.8 Å². The van der Waals surface area contributed by atoms with Crippen LogP contribution in [0, 0.1) is 0 Å². The number of ether oxygens (including phenoxy) is 1. The summed E-state index contributed by atoms with van der Waals surface area (Å²) >= 11 is 0. The van der Waals surface area contributed by atoms with Crippen molar-refractivity contribution in [2.75, 3.05) is 13.2 Å². The Balaban J connectivity index is 3.44. The standard InChI is InChI=1S/C78H145NO5/c1-3-5-7-9-11-13-15-17-19-21-23-24-32-35-38-42-46-50-54-58-62-66-70-76(81)75(74-80)79-77(82)71-67-63-59-55-51-47-43-39-36-33-30-28-26-25-27-29-31-34-37-41-45-49-53-57-61-65-69-73-84-78(83)72-68-64-60-56-52-48-44-40-22-20-18-16-14-12-10-8-6-4-2/h14,16,20,22,25-26,29,31,66,70,75-76,80-81H,3-13,15,17-19,21,23-24,27-28,30,32-65,67-69,71-74H2,1-2H3,(H,79,82)/b16-14-,22-20-,26-25-,31-29-,70-66+. The zero-order chi connectivity index (χ0) is 60.6. The second-order valence-electron chi connectivity index (χ2n) is 25.6. The molecule has 492 valence electrons. The molecule has 0 aliphatic rings. The first-order valence-corrected chi connectivity index (χ1v) is 37.6. The molecule has 0 radical (unpaired) electrons. The molecule has 6 heteroatoms. The number of aliphatic hydroxyl groups excluding tert-OH is 2. The van der Waals surface area contributed by atoms with Gasteiger partial charge >= 0.3 is 5.97 Å². The first-order valence-electron chi connectivity index (χ1n) is 37.6. The summed E-state index contributed by atoms with van der Waals surface area (Å²) in [4.78, 5) is 24.6. The third-order valence-electron chi connectivity index (χ3n) is 17.3. The highest BCUT2D eigenvalue weighted by molar-refractivity contribution is 5.76. The van der Waals surface area contributed by atoms with Gasteiger partial charge in [0.1, 0.15) is 0 Å². The molecule has 0 saturated heterocycles. The maximum atomic E-state index is 12.5. The number of unbranched alkanes of at least 4 members (excludes halogenated alkanes) is 51. The number of hydrogen-bond acceptors (Lipinski definition) is 5. The SMILES string of the molecule is CCCCCC/C=C\C/C=C\CCCCCCCCCC(=O)OCCCCCCCCCCC/C=C\C/C=C\CCCCCCCCCCCCCC(=O)NC(CO)C(O)/C=C/CCCCCCCCCCCCCCCCCCCCCC. The highest BCUT2D eigenvalue weighted by Crippen LogP contribution is 2.18. The molecule has 3 N–H and O–H groups in total. The molecule has 0 aromatic rings. The summed E-state index contributed by atoms with van der Waals surface area (Å²) in [5, 5.41) is 23.3. The van der Waals surface area contributed by atoms with Crippen LogP contribution in [0.5, 0.6) is 0 Å². The van der Waals surface area contributed by atoms with E-state index < -0.39 is 12.1 Å². The molecule has 0 aromatic carbocycles. The third-order valence-corrected chi connectivity index (χ3v) is 17.3. The van der Waals surface area contributed by atoms with Crippen molar-refractivity contribution in [1.29, 1.82) is 0 Å². The molecule has 84 heavy (non-hydrogen) atoms. The molecule has 0 spiro atoms. The first kappa shape index (κ1) is 81.6. The fourth-order valence-electron chi connectivity index (χ4n) is 11.5. The Bertz CT molecular complexity index is 1450. The monoisotopic (exact) mass is 1180 g/mol. The average Bonchev–Trinajstić information content (AvgIpc) is 3.51. The van der Waals surface area contributed by atoms with Gasteiger partial charge in [-0.25, -0.2) is 0 Å². The minimum atomic E-state index is -0.849. The van der Waals surface area contributed by atoms with Crippen LogP contribution in [0.2, 0.25) is 0 Å². The smallest absolute Gasteiger partial charge is 0.305 e. The Kier molecular flexibility index (Phi) is 70.9. The van der Waals surface area contributed by atoms with Gasteiger partial charge in [-0.15, -0.1) is 0 Å². The van der Waals surface area contributed by atoms with E-state index in [0.29, 0.717) is 19.4 Å². The van der Waals surface area contributed by atoms with Crippen LogP contribution < -0.4 is 5.32 Å². The lowest BCUT2D eigenvalue weighted by Crippen LogP contribution is -2.45. The number of hydrogen-bond donors (Lipinski definition) is 3. The van der Waals surface area contributed by atoms with Crippen molar-refractivity contribution < 1.29 is 24.5 Å². The molecule has 0 aromatic heterocycles. The number of rotatable bonds is 70. The van der Waals surface area contributed by atoms with Gasteiger partial charge < -0.3 is 20.3 Å². The molecule has 0 rings (SSSR count). The molecule has 0 aliphatic carbocycles. The molecular formula is C78H145NO5. The van der Waals surface area contributed by atoms with E-state index in [0.717, 1.165) is 57.8 Å². The number of carbonyl (C=O) groups is 2. The van der Waals surface area contributed by atoms with Crippen molar-refractivity contribution in [3.63, 3.8) is 0 Å². The van der Waals surface area contributed by atoms with Crippen LogP contribution in [0.3, 0.4) is 0 Å². The number of amides is 1. The summed E-state index contributed by atoms with van der Waals surface area (Å²) in [5.74, 6) is -0.0650. The Morgan fingerprint density at radius 3 is 0.917 bits per heavy atom. The minimum absolute atomic E-state index is 0.00306. The zero-order valence-corrected chi connectivity index (χ0v) is 56.4. The summed E-state index contributed by atoms with van der Waals surface area (Å²) in [5.41, 5.74) is 0. The van der Waals surface area contributed by atoms with E-state index in [9.17, 15) is 19.8 Å². The third kappa shape index (κ3) is 68.7. The maximum absolute atomic E-state index is 12.5. The first-order chi connectivity index (χ1) is 41.5. The molecule has 0 aliphatic heterocycles. The molecule has 6 nitrogen and oxygen atoms in total. The molecule has 1 amide bonds. The van der Waals surface area contributed by atoms with Crippen LogP contribution in [-0.4, -0.2) is 47.4 Å². The van der Waals surface area contributed by atoms with Gasteiger partial charge in [-0.2, -0.15) is 0 Å². The zero-order valence-electron chi connectivity index (χ0n) is 56.4. The highest BCUT2D eigenvalue weighted by Gasteiger charge is 2.18. The average molecular weight is 1180 g/mol. The van der Waals surface area contributed by atoms with Crippen LogP contribution in [0.15, 0.2) is 60.8 Å². The van der Waals surface area contributed by atoms with Gasteiger partial charge in [0, 0.05) is 12.8 Å². The van der Waals surface area contributed by atoms with Gasteiger partial charge in [-0.05, 0) is 96.3 Å². The predicted molar refractivity (Wildman–Crippen MR) is 370 cm³/mol. The van der Waals surface area contributed by atoms with Gasteiger partial charge in [-0.1, -0.05) is 351 Å². The Labute approximate surface area is 524 Å². The van der Waals surface area contributed by atoms with Crippen molar-refractivity contribution in [2.45, 2.75) is 411 Å². The van der Waals surface area contributed by atoms with Gasteiger partial charge in [-0.3, -0.25) is 9.59 Å². The fraction of sp³-hybridized carbons (Fsp3) is 0.846. The largest absolute Gasteiger partial charge is 0.466 e. The highest BCUT2D eigenvalue weighted by atomic mass is 16.5. The van der Waals surface area contributed by atoms with Crippen molar-refractivity contribution in [1.82, 2.24) is 5.32 Å². The topological polar surface area (TPSA) is 95.9 Å². The summed E-state index contributed by atoms with van der Waals surface area (Å²) in [7, 11) is 0. The predicted octanol–water partition coefficient (Wildman–Crippen LogP) is 24.6. The van der Waals surface area contributed by atoms with Gasteiger partial charge in [0.05, 0.1) is 25.4 Å². The van der Waals surface area contributed by atoms with E-state index in [4.69, 9.17) is 4.74 Å². The molecule has 2 atom stereocenters. The van der Waals surface area contributed by atoms with Crippen LogP contribution >= 0.6 is 0 Å². The second kappa shape index (κ2) is 73.0. The molecular weight excluding hydrogens is 1030 g/mol. The van der Waals surface area contributed by atoms with Crippen molar-refractivity contribution in [3.8, 4) is 0 Å². The van der Waals surface area contributed by atoms with E-state index in [1.807, 2.05) is 6.08 Å². The van der Waals surface area contributed by atoms with Crippen LogP contribution in [0.4, 0.5) is 0 Å². The molecule has 2 unspecified atom stereocenters. The number of carbonyl (C=O) groups excluding carboxylic acids is 2. The number of aliphatic hydroxyl groups is 2. The van der Waals surface area contributed by atoms with Crippen LogP contribution in [-0.2, 0) is 14.3 Å². The van der Waals surface area contributed by atoms with Gasteiger partial charge in [0.15, 0.2) is 0 Å². The molecule has 0 bridgehead atoms. The van der Waals surface area contributed by atoms with Crippen molar-refractivity contribution in [2.24, 2.45) is 0 Å². The fourth-order valence-corrected chi connectivity index (χ4v) is 11.5. The number of nitrogens with one attached hydrogen (secondary N) is 1. The van der Waals surface area contributed by atoms with Crippen LogP contribution in [0.1, 0.15) is 399 Å².